The fraction of sp³-hybridized carbons (Fsp3) is 0.812. The van der Waals surface area contributed by atoms with Crippen molar-refractivity contribution in [2.24, 2.45) is 5.73 Å². The van der Waals surface area contributed by atoms with Crippen molar-refractivity contribution in [2.75, 3.05) is 26.7 Å². The van der Waals surface area contributed by atoms with E-state index in [2.05, 4.69) is 28.9 Å². The van der Waals surface area contributed by atoms with Gasteiger partial charge in [-0.3, -0.25) is 4.68 Å². The minimum atomic E-state index is 0.0301. The quantitative estimate of drug-likeness (QED) is 0.915. The van der Waals surface area contributed by atoms with Crippen molar-refractivity contribution < 1.29 is 4.74 Å². The molecule has 2 fully saturated rings. The number of likely N-dealkylation sites (N-methyl/N-ethyl adjacent to an activating group) is 1. The molecule has 2 unspecified atom stereocenters. The maximum Gasteiger partial charge on any atom is 0.0856 e. The molecule has 1 aliphatic heterocycles. The Kier molecular flexibility index (Phi) is 4.93. The molecule has 1 saturated heterocycles. The number of ether oxygens (including phenoxy) is 1. The summed E-state index contributed by atoms with van der Waals surface area (Å²) in [5, 5.41) is 4.76. The first-order valence-corrected chi connectivity index (χ1v) is 8.32. The molecule has 0 spiro atoms. The Morgan fingerprint density at radius 2 is 2.19 bits per heavy atom. The molecule has 5 heteroatoms. The van der Waals surface area contributed by atoms with Crippen LogP contribution in [-0.4, -0.2) is 53.6 Å². The predicted octanol–water partition coefficient (Wildman–Crippen LogP) is 1.59. The van der Waals surface area contributed by atoms with E-state index in [4.69, 9.17) is 15.6 Å². The van der Waals surface area contributed by atoms with Crippen LogP contribution < -0.4 is 5.73 Å². The van der Waals surface area contributed by atoms with Gasteiger partial charge in [-0.05, 0) is 26.0 Å². The van der Waals surface area contributed by atoms with Crippen LogP contribution in [0, 0.1) is 0 Å². The molecule has 1 aliphatic carbocycles. The van der Waals surface area contributed by atoms with Gasteiger partial charge in [0.15, 0.2) is 0 Å². The lowest BCUT2D eigenvalue weighted by Crippen LogP contribution is -2.50. The fourth-order valence-electron chi connectivity index (χ4n) is 3.48. The number of aromatic nitrogens is 2. The summed E-state index contributed by atoms with van der Waals surface area (Å²) in [5.41, 5.74) is 7.43. The number of nitrogens with two attached hydrogens (primary N) is 1. The van der Waals surface area contributed by atoms with Crippen LogP contribution in [0.15, 0.2) is 12.3 Å². The molecule has 3 rings (SSSR count). The van der Waals surface area contributed by atoms with E-state index < -0.39 is 0 Å². The van der Waals surface area contributed by atoms with Gasteiger partial charge in [-0.25, -0.2) is 0 Å². The second-order valence-electron chi connectivity index (χ2n) is 6.62. The maximum atomic E-state index is 6.33. The van der Waals surface area contributed by atoms with Crippen LogP contribution in [0.1, 0.15) is 43.8 Å². The van der Waals surface area contributed by atoms with E-state index in [1.807, 2.05) is 0 Å². The number of hydrogen-bond donors (Lipinski definition) is 1. The Hall–Kier alpha value is -0.910. The first-order chi connectivity index (χ1) is 10.2. The predicted molar refractivity (Wildman–Crippen MR) is 83.3 cm³/mol. The number of hydrogen-bond acceptors (Lipinski definition) is 4. The minimum Gasteiger partial charge on any atom is -0.374 e. The van der Waals surface area contributed by atoms with E-state index in [1.165, 1.54) is 32.1 Å². The molecule has 0 aromatic carbocycles. The van der Waals surface area contributed by atoms with Crippen LogP contribution in [0.25, 0.3) is 0 Å². The molecule has 5 nitrogen and oxygen atoms in total. The highest BCUT2D eigenvalue weighted by Gasteiger charge is 2.25. The number of rotatable bonds is 4. The van der Waals surface area contributed by atoms with Crippen molar-refractivity contribution in [1.82, 2.24) is 14.7 Å². The molecule has 1 saturated carbocycles. The van der Waals surface area contributed by atoms with Gasteiger partial charge in [0.1, 0.15) is 0 Å². The molecule has 2 aliphatic rings. The molecule has 21 heavy (non-hydrogen) atoms. The maximum absolute atomic E-state index is 6.33. The summed E-state index contributed by atoms with van der Waals surface area (Å²) in [6, 6.07) is 2.75. The van der Waals surface area contributed by atoms with E-state index >= 15 is 0 Å². The number of nitrogens with zero attached hydrogens (tertiary/aromatic N) is 3. The normalized spacial score (nSPS) is 26.9. The van der Waals surface area contributed by atoms with Gasteiger partial charge in [-0.15, -0.1) is 0 Å². The molecule has 118 valence electrons. The van der Waals surface area contributed by atoms with Crippen molar-refractivity contribution in [1.29, 1.82) is 0 Å². The molecule has 1 aromatic rings. The zero-order chi connectivity index (χ0) is 14.7. The molecular formula is C16H28N4O. The van der Waals surface area contributed by atoms with Gasteiger partial charge >= 0.3 is 0 Å². The minimum absolute atomic E-state index is 0.0301. The van der Waals surface area contributed by atoms with Crippen LogP contribution in [-0.2, 0) is 11.2 Å². The summed E-state index contributed by atoms with van der Waals surface area (Å²) in [6.45, 7) is 2.70. The second-order valence-corrected chi connectivity index (χ2v) is 6.62. The van der Waals surface area contributed by atoms with Crippen molar-refractivity contribution in [3.63, 3.8) is 0 Å². The van der Waals surface area contributed by atoms with Crippen LogP contribution in [0.3, 0.4) is 0 Å². The third-order valence-electron chi connectivity index (χ3n) is 4.83. The fourth-order valence-corrected chi connectivity index (χ4v) is 3.48. The van der Waals surface area contributed by atoms with E-state index in [0.29, 0.717) is 6.04 Å². The zero-order valence-corrected chi connectivity index (χ0v) is 13.1. The molecule has 2 N–H and O–H groups in total. The highest BCUT2D eigenvalue weighted by molar-refractivity contribution is 5.03. The molecule has 2 heterocycles. The van der Waals surface area contributed by atoms with Crippen LogP contribution >= 0.6 is 0 Å². The first-order valence-electron chi connectivity index (χ1n) is 8.32. The van der Waals surface area contributed by atoms with Crippen LogP contribution in [0.2, 0.25) is 0 Å². The number of morpholine rings is 1. The lowest BCUT2D eigenvalue weighted by atomic mass is 9.96. The van der Waals surface area contributed by atoms with Crippen molar-refractivity contribution in [3.05, 3.63) is 18.0 Å². The van der Waals surface area contributed by atoms with E-state index in [1.54, 1.807) is 0 Å². The first kappa shape index (κ1) is 15.0. The Bertz CT molecular complexity index is 441. The van der Waals surface area contributed by atoms with Gasteiger partial charge in [0.05, 0.1) is 24.4 Å². The van der Waals surface area contributed by atoms with Gasteiger partial charge in [0.25, 0.3) is 0 Å². The summed E-state index contributed by atoms with van der Waals surface area (Å²) < 4.78 is 7.97. The highest BCUT2D eigenvalue weighted by atomic mass is 16.5. The molecule has 2 atom stereocenters. The SMILES string of the molecule is CN1CCOC(C(N)Cc2ccn(C3CCCCC3)n2)C1. The third kappa shape index (κ3) is 3.84. The van der Waals surface area contributed by atoms with Crippen LogP contribution in [0.4, 0.5) is 0 Å². The van der Waals surface area contributed by atoms with Crippen molar-refractivity contribution in [3.8, 4) is 0 Å². The summed E-state index contributed by atoms with van der Waals surface area (Å²) in [6.07, 6.45) is 9.64. The summed E-state index contributed by atoms with van der Waals surface area (Å²) in [4.78, 5) is 2.29. The van der Waals surface area contributed by atoms with Gasteiger partial charge in [0.2, 0.25) is 0 Å². The van der Waals surface area contributed by atoms with E-state index in [-0.39, 0.29) is 12.1 Å². The van der Waals surface area contributed by atoms with Crippen molar-refractivity contribution in [2.45, 2.75) is 56.7 Å². The van der Waals surface area contributed by atoms with E-state index in [9.17, 15) is 0 Å². The lowest BCUT2D eigenvalue weighted by molar-refractivity contribution is -0.0320. The monoisotopic (exact) mass is 292 g/mol. The largest absolute Gasteiger partial charge is 0.374 e. The summed E-state index contributed by atoms with van der Waals surface area (Å²) >= 11 is 0. The molecule has 1 aromatic heterocycles. The van der Waals surface area contributed by atoms with Gasteiger partial charge in [-0.2, -0.15) is 5.10 Å². The average Bonchev–Trinajstić information content (AvgIpc) is 2.97. The Labute approximate surface area is 127 Å². The molecular weight excluding hydrogens is 264 g/mol. The van der Waals surface area contributed by atoms with Gasteiger partial charge < -0.3 is 15.4 Å². The standard InChI is InChI=1S/C16H28N4O/c1-19-9-10-21-16(12-19)15(17)11-13-7-8-20(18-13)14-5-3-2-4-6-14/h7-8,14-16H,2-6,9-12,17H2,1H3. The Morgan fingerprint density at radius 3 is 2.95 bits per heavy atom. The third-order valence-corrected chi connectivity index (χ3v) is 4.83. The van der Waals surface area contributed by atoms with Gasteiger partial charge in [-0.1, -0.05) is 19.3 Å². The van der Waals surface area contributed by atoms with Gasteiger partial charge in [0, 0.05) is 31.7 Å². The Morgan fingerprint density at radius 1 is 1.38 bits per heavy atom. The highest BCUT2D eigenvalue weighted by Crippen LogP contribution is 2.27. The van der Waals surface area contributed by atoms with Crippen LogP contribution in [0.5, 0.6) is 0 Å². The summed E-state index contributed by atoms with van der Waals surface area (Å²) in [5.74, 6) is 0. The topological polar surface area (TPSA) is 56.3 Å². The molecule has 0 bridgehead atoms. The molecule has 0 amide bonds. The smallest absolute Gasteiger partial charge is 0.0856 e. The Balaban J connectivity index is 1.56. The lowest BCUT2D eigenvalue weighted by Gasteiger charge is -2.33. The van der Waals surface area contributed by atoms with E-state index in [0.717, 1.165) is 31.8 Å². The summed E-state index contributed by atoms with van der Waals surface area (Å²) in [7, 11) is 2.13. The zero-order valence-electron chi connectivity index (χ0n) is 13.1. The van der Waals surface area contributed by atoms with Crippen molar-refractivity contribution >= 4 is 0 Å². The molecule has 0 radical (unpaired) electrons. The average molecular weight is 292 g/mol. The second kappa shape index (κ2) is 6.90.